The van der Waals surface area contributed by atoms with E-state index in [0.29, 0.717) is 11.8 Å². The lowest BCUT2D eigenvalue weighted by Crippen LogP contribution is -2.36. The Morgan fingerprint density at radius 1 is 1.00 bits per heavy atom. The van der Waals surface area contributed by atoms with Gasteiger partial charge < -0.3 is 5.32 Å². The van der Waals surface area contributed by atoms with Crippen molar-refractivity contribution in [1.29, 1.82) is 0 Å². The Morgan fingerprint density at radius 2 is 1.75 bits per heavy atom. The Kier molecular flexibility index (Phi) is 4.12. The zero-order chi connectivity index (χ0) is 13.8. The van der Waals surface area contributed by atoms with Gasteiger partial charge >= 0.3 is 0 Å². The molecule has 0 spiro atoms. The van der Waals surface area contributed by atoms with E-state index in [1.807, 2.05) is 12.1 Å². The number of rotatable bonds is 3. The van der Waals surface area contributed by atoms with E-state index in [-0.39, 0.29) is 5.82 Å². The Balaban J connectivity index is 1.78. The van der Waals surface area contributed by atoms with E-state index in [1.165, 1.54) is 11.1 Å². The van der Waals surface area contributed by atoms with E-state index < -0.39 is 0 Å². The first-order valence-corrected chi connectivity index (χ1v) is 7.33. The molecule has 0 aliphatic carbocycles. The van der Waals surface area contributed by atoms with Gasteiger partial charge in [0.15, 0.2) is 0 Å². The molecule has 1 saturated heterocycles. The largest absolute Gasteiger partial charge is 0.316 e. The van der Waals surface area contributed by atoms with Gasteiger partial charge in [0, 0.05) is 0 Å². The van der Waals surface area contributed by atoms with Crippen LogP contribution in [0.2, 0.25) is 0 Å². The van der Waals surface area contributed by atoms with Crippen LogP contribution in [-0.4, -0.2) is 13.1 Å². The van der Waals surface area contributed by atoms with Crippen LogP contribution in [0.3, 0.4) is 0 Å². The lowest BCUT2D eigenvalue weighted by atomic mass is 9.78. The molecule has 2 aromatic carbocycles. The van der Waals surface area contributed by atoms with Gasteiger partial charge in [-0.2, -0.15) is 0 Å². The number of hydrogen-bond acceptors (Lipinski definition) is 1. The maximum absolute atomic E-state index is 13.1. The molecule has 0 radical (unpaired) electrons. The van der Waals surface area contributed by atoms with Crippen LogP contribution in [0.1, 0.15) is 23.5 Å². The second kappa shape index (κ2) is 6.19. The molecule has 2 atom stereocenters. The van der Waals surface area contributed by atoms with E-state index in [0.717, 1.165) is 25.9 Å². The summed E-state index contributed by atoms with van der Waals surface area (Å²) >= 11 is 0. The fourth-order valence-corrected chi connectivity index (χ4v) is 3.20. The Bertz CT molecular complexity index is 535. The van der Waals surface area contributed by atoms with Gasteiger partial charge in [0.1, 0.15) is 5.82 Å². The molecule has 1 aliphatic rings. The van der Waals surface area contributed by atoms with E-state index in [2.05, 4.69) is 35.6 Å². The van der Waals surface area contributed by atoms with Crippen LogP contribution < -0.4 is 5.32 Å². The number of benzene rings is 2. The molecule has 1 heterocycles. The molecule has 0 aromatic heterocycles. The molecule has 2 heteroatoms. The predicted molar refractivity (Wildman–Crippen MR) is 80.3 cm³/mol. The molecular formula is C18H20FN. The quantitative estimate of drug-likeness (QED) is 0.894. The molecule has 0 saturated carbocycles. The van der Waals surface area contributed by atoms with Crippen molar-refractivity contribution < 1.29 is 4.39 Å². The number of nitrogens with one attached hydrogen (secondary N) is 1. The maximum atomic E-state index is 13.1. The van der Waals surface area contributed by atoms with Gasteiger partial charge in [-0.3, -0.25) is 0 Å². The van der Waals surface area contributed by atoms with E-state index in [1.54, 1.807) is 12.1 Å². The Hall–Kier alpha value is -1.67. The van der Waals surface area contributed by atoms with Crippen molar-refractivity contribution in [2.45, 2.75) is 18.8 Å². The van der Waals surface area contributed by atoms with Crippen LogP contribution in [0.4, 0.5) is 4.39 Å². The molecule has 2 unspecified atom stereocenters. The molecule has 0 bridgehead atoms. The van der Waals surface area contributed by atoms with Crippen molar-refractivity contribution in [2.24, 2.45) is 5.92 Å². The summed E-state index contributed by atoms with van der Waals surface area (Å²) in [5, 5.41) is 3.49. The minimum Gasteiger partial charge on any atom is -0.316 e. The van der Waals surface area contributed by atoms with Gasteiger partial charge in [0.2, 0.25) is 0 Å². The third-order valence-corrected chi connectivity index (χ3v) is 4.25. The van der Waals surface area contributed by atoms with Gasteiger partial charge in [-0.05, 0) is 61.0 Å². The SMILES string of the molecule is Fc1ccc(C2CCNCC2Cc2ccccc2)cc1. The maximum Gasteiger partial charge on any atom is 0.123 e. The molecule has 0 amide bonds. The molecule has 20 heavy (non-hydrogen) atoms. The van der Waals surface area contributed by atoms with E-state index in [4.69, 9.17) is 0 Å². The first-order valence-electron chi connectivity index (χ1n) is 7.33. The van der Waals surface area contributed by atoms with Crippen molar-refractivity contribution in [3.63, 3.8) is 0 Å². The van der Waals surface area contributed by atoms with Crippen LogP contribution in [0.25, 0.3) is 0 Å². The molecule has 1 nitrogen and oxygen atoms in total. The third-order valence-electron chi connectivity index (χ3n) is 4.25. The van der Waals surface area contributed by atoms with Crippen molar-refractivity contribution in [2.75, 3.05) is 13.1 Å². The number of hydrogen-bond donors (Lipinski definition) is 1. The average molecular weight is 269 g/mol. The summed E-state index contributed by atoms with van der Waals surface area (Å²) in [7, 11) is 0. The number of piperidine rings is 1. The predicted octanol–water partition coefficient (Wildman–Crippen LogP) is 3.76. The minimum atomic E-state index is -0.151. The Labute approximate surface area is 119 Å². The highest BCUT2D eigenvalue weighted by Gasteiger charge is 2.26. The average Bonchev–Trinajstić information content (AvgIpc) is 2.50. The minimum absolute atomic E-state index is 0.151. The lowest BCUT2D eigenvalue weighted by Gasteiger charge is -2.32. The molecule has 1 aliphatic heterocycles. The topological polar surface area (TPSA) is 12.0 Å². The van der Waals surface area contributed by atoms with Crippen LogP contribution >= 0.6 is 0 Å². The van der Waals surface area contributed by atoms with Gasteiger partial charge in [-0.25, -0.2) is 4.39 Å². The van der Waals surface area contributed by atoms with Crippen LogP contribution in [-0.2, 0) is 6.42 Å². The zero-order valence-electron chi connectivity index (χ0n) is 11.6. The van der Waals surface area contributed by atoms with Crippen molar-refractivity contribution in [3.8, 4) is 0 Å². The monoisotopic (exact) mass is 269 g/mol. The third kappa shape index (κ3) is 3.07. The second-order valence-corrected chi connectivity index (χ2v) is 5.60. The summed E-state index contributed by atoms with van der Waals surface area (Å²) < 4.78 is 13.1. The molecule has 3 rings (SSSR count). The van der Waals surface area contributed by atoms with Gasteiger partial charge in [-0.1, -0.05) is 42.5 Å². The van der Waals surface area contributed by atoms with Crippen molar-refractivity contribution >= 4 is 0 Å². The van der Waals surface area contributed by atoms with Gasteiger partial charge in [0.05, 0.1) is 0 Å². The fraction of sp³-hybridized carbons (Fsp3) is 0.333. The highest BCUT2D eigenvalue weighted by molar-refractivity contribution is 5.24. The normalized spacial score (nSPS) is 22.6. The van der Waals surface area contributed by atoms with Gasteiger partial charge in [-0.15, -0.1) is 0 Å². The van der Waals surface area contributed by atoms with Crippen molar-refractivity contribution in [1.82, 2.24) is 5.32 Å². The zero-order valence-corrected chi connectivity index (χ0v) is 11.6. The first-order chi connectivity index (χ1) is 9.83. The molecule has 104 valence electrons. The summed E-state index contributed by atoms with van der Waals surface area (Å²) in [6.07, 6.45) is 2.21. The summed E-state index contributed by atoms with van der Waals surface area (Å²) in [6.45, 7) is 2.09. The lowest BCUT2D eigenvalue weighted by molar-refractivity contribution is 0.324. The first kappa shape index (κ1) is 13.3. The highest BCUT2D eigenvalue weighted by atomic mass is 19.1. The summed E-state index contributed by atoms with van der Waals surface area (Å²) in [6, 6.07) is 17.7. The van der Waals surface area contributed by atoms with E-state index in [9.17, 15) is 4.39 Å². The fourth-order valence-electron chi connectivity index (χ4n) is 3.20. The smallest absolute Gasteiger partial charge is 0.123 e. The second-order valence-electron chi connectivity index (χ2n) is 5.60. The van der Waals surface area contributed by atoms with Crippen LogP contribution in [0, 0.1) is 11.7 Å². The molecule has 2 aromatic rings. The summed E-state index contributed by atoms with van der Waals surface area (Å²) in [5.41, 5.74) is 2.65. The summed E-state index contributed by atoms with van der Waals surface area (Å²) in [5.74, 6) is 0.955. The van der Waals surface area contributed by atoms with Crippen LogP contribution in [0.5, 0.6) is 0 Å². The Morgan fingerprint density at radius 3 is 2.50 bits per heavy atom. The standard InChI is InChI=1S/C18H20FN/c19-17-8-6-15(7-9-17)18-10-11-20-13-16(18)12-14-4-2-1-3-5-14/h1-9,16,18,20H,10-13H2. The molecular weight excluding hydrogens is 249 g/mol. The highest BCUT2D eigenvalue weighted by Crippen LogP contribution is 2.32. The summed E-state index contributed by atoms with van der Waals surface area (Å²) in [4.78, 5) is 0. The van der Waals surface area contributed by atoms with Crippen LogP contribution in [0.15, 0.2) is 54.6 Å². The molecule has 1 N–H and O–H groups in total. The van der Waals surface area contributed by atoms with E-state index >= 15 is 0 Å². The van der Waals surface area contributed by atoms with Crippen molar-refractivity contribution in [3.05, 3.63) is 71.5 Å². The van der Waals surface area contributed by atoms with Gasteiger partial charge in [0.25, 0.3) is 0 Å². The molecule has 1 fully saturated rings. The number of halogens is 1.